The lowest BCUT2D eigenvalue weighted by atomic mass is 9.89. The summed E-state index contributed by atoms with van der Waals surface area (Å²) in [7, 11) is 0. The van der Waals surface area contributed by atoms with Crippen molar-refractivity contribution in [2.75, 3.05) is 0 Å². The third-order valence-electron chi connectivity index (χ3n) is 3.24. The summed E-state index contributed by atoms with van der Waals surface area (Å²) in [5.74, 6) is 0.578. The van der Waals surface area contributed by atoms with E-state index in [1.54, 1.807) is 6.20 Å². The highest BCUT2D eigenvalue weighted by Crippen LogP contribution is 2.23. The number of nitrogens with one attached hydrogen (secondary N) is 2. The molecule has 2 rings (SSSR count). The molecular weight excluding hydrogens is 256 g/mol. The first kappa shape index (κ1) is 14.3. The second-order valence-electron chi connectivity index (χ2n) is 5.89. The standard InChI is InChI=1S/C14H20N4O2/c1-8-10(9(2)20-18-8)6-15-13(19)11-7-16-17-12(11)14(3,4)5/h7H,6H2,1-5H3,(H,15,19)(H,16,17). The van der Waals surface area contributed by atoms with Gasteiger partial charge in [-0.25, -0.2) is 0 Å². The van der Waals surface area contributed by atoms with Crippen molar-refractivity contribution in [2.24, 2.45) is 0 Å². The first-order chi connectivity index (χ1) is 9.30. The van der Waals surface area contributed by atoms with E-state index < -0.39 is 0 Å². The largest absolute Gasteiger partial charge is 0.361 e. The molecular formula is C14H20N4O2. The summed E-state index contributed by atoms with van der Waals surface area (Å²) in [5, 5.41) is 13.6. The second kappa shape index (κ2) is 5.11. The molecule has 1 amide bonds. The molecule has 2 aromatic heterocycles. The first-order valence-electron chi connectivity index (χ1n) is 6.54. The van der Waals surface area contributed by atoms with Crippen LogP contribution in [0.4, 0.5) is 0 Å². The molecule has 0 aliphatic rings. The van der Waals surface area contributed by atoms with Crippen LogP contribution in [-0.4, -0.2) is 21.3 Å². The third kappa shape index (κ3) is 2.74. The zero-order chi connectivity index (χ0) is 14.9. The van der Waals surface area contributed by atoms with Crippen LogP contribution in [0.15, 0.2) is 10.7 Å². The minimum atomic E-state index is -0.161. The molecule has 0 aliphatic heterocycles. The van der Waals surface area contributed by atoms with E-state index in [9.17, 15) is 4.79 Å². The average molecular weight is 276 g/mol. The zero-order valence-electron chi connectivity index (χ0n) is 12.5. The Morgan fingerprint density at radius 2 is 2.10 bits per heavy atom. The molecule has 6 heteroatoms. The van der Waals surface area contributed by atoms with Gasteiger partial charge in [-0.15, -0.1) is 0 Å². The number of hydrogen-bond donors (Lipinski definition) is 2. The van der Waals surface area contributed by atoms with Crippen LogP contribution in [0.1, 0.15) is 53.8 Å². The van der Waals surface area contributed by atoms with Gasteiger partial charge in [-0.2, -0.15) is 5.10 Å². The Labute approximate surface area is 117 Å². The maximum Gasteiger partial charge on any atom is 0.255 e. The molecule has 0 aliphatic carbocycles. The average Bonchev–Trinajstić information content (AvgIpc) is 2.94. The van der Waals surface area contributed by atoms with Crippen molar-refractivity contribution >= 4 is 5.91 Å². The van der Waals surface area contributed by atoms with Gasteiger partial charge in [0.05, 0.1) is 23.1 Å². The van der Waals surface area contributed by atoms with Gasteiger partial charge in [-0.3, -0.25) is 9.89 Å². The molecule has 0 unspecified atom stereocenters. The molecule has 0 bridgehead atoms. The van der Waals surface area contributed by atoms with Crippen molar-refractivity contribution in [3.05, 3.63) is 34.5 Å². The second-order valence-corrected chi connectivity index (χ2v) is 5.89. The quantitative estimate of drug-likeness (QED) is 0.900. The fourth-order valence-electron chi connectivity index (χ4n) is 2.05. The smallest absolute Gasteiger partial charge is 0.255 e. The summed E-state index contributed by atoms with van der Waals surface area (Å²) >= 11 is 0. The molecule has 108 valence electrons. The van der Waals surface area contributed by atoms with Gasteiger partial charge in [-0.1, -0.05) is 25.9 Å². The van der Waals surface area contributed by atoms with E-state index in [1.165, 1.54) is 0 Å². The maximum absolute atomic E-state index is 12.3. The highest BCUT2D eigenvalue weighted by molar-refractivity contribution is 5.95. The van der Waals surface area contributed by atoms with E-state index in [0.717, 1.165) is 22.7 Å². The molecule has 2 heterocycles. The summed E-state index contributed by atoms with van der Waals surface area (Å²) in [6, 6.07) is 0. The topological polar surface area (TPSA) is 83.8 Å². The van der Waals surface area contributed by atoms with Crippen LogP contribution in [0.2, 0.25) is 0 Å². The van der Waals surface area contributed by atoms with Crippen molar-refractivity contribution in [1.29, 1.82) is 0 Å². The number of aryl methyl sites for hydroxylation is 2. The van der Waals surface area contributed by atoms with Crippen LogP contribution < -0.4 is 5.32 Å². The number of rotatable bonds is 3. The highest BCUT2D eigenvalue weighted by atomic mass is 16.5. The number of nitrogens with zero attached hydrogens (tertiary/aromatic N) is 2. The Kier molecular flexibility index (Phi) is 3.65. The SMILES string of the molecule is Cc1noc(C)c1CNC(=O)c1cn[nH]c1C(C)(C)C. The van der Waals surface area contributed by atoms with Crippen LogP contribution >= 0.6 is 0 Å². The van der Waals surface area contributed by atoms with Gasteiger partial charge in [0.1, 0.15) is 5.76 Å². The van der Waals surface area contributed by atoms with E-state index in [1.807, 2.05) is 34.6 Å². The molecule has 2 N–H and O–H groups in total. The summed E-state index contributed by atoms with van der Waals surface area (Å²) < 4.78 is 5.08. The Hall–Kier alpha value is -2.11. The number of aromatic amines is 1. The van der Waals surface area contributed by atoms with Gasteiger partial charge in [0, 0.05) is 17.5 Å². The first-order valence-corrected chi connectivity index (χ1v) is 6.54. The van der Waals surface area contributed by atoms with E-state index in [4.69, 9.17) is 4.52 Å². The number of amides is 1. The van der Waals surface area contributed by atoms with Gasteiger partial charge >= 0.3 is 0 Å². The summed E-state index contributed by atoms with van der Waals surface area (Å²) in [6.07, 6.45) is 1.56. The molecule has 20 heavy (non-hydrogen) atoms. The molecule has 0 saturated heterocycles. The molecule has 6 nitrogen and oxygen atoms in total. The molecule has 0 radical (unpaired) electrons. The normalized spacial score (nSPS) is 11.7. The maximum atomic E-state index is 12.3. The Balaban J connectivity index is 2.12. The molecule has 0 saturated carbocycles. The van der Waals surface area contributed by atoms with Gasteiger partial charge in [0.25, 0.3) is 5.91 Å². The molecule has 0 spiro atoms. The molecule has 0 atom stereocenters. The minimum Gasteiger partial charge on any atom is -0.361 e. The van der Waals surface area contributed by atoms with Gasteiger partial charge < -0.3 is 9.84 Å². The van der Waals surface area contributed by atoms with Gasteiger partial charge in [0.15, 0.2) is 0 Å². The van der Waals surface area contributed by atoms with E-state index in [2.05, 4.69) is 20.7 Å². The summed E-state index contributed by atoms with van der Waals surface area (Å²) in [4.78, 5) is 12.3. The number of H-pyrrole nitrogens is 1. The van der Waals surface area contributed by atoms with Gasteiger partial charge in [-0.05, 0) is 13.8 Å². The fourth-order valence-corrected chi connectivity index (χ4v) is 2.05. The highest BCUT2D eigenvalue weighted by Gasteiger charge is 2.24. The van der Waals surface area contributed by atoms with Crippen LogP contribution in [-0.2, 0) is 12.0 Å². The van der Waals surface area contributed by atoms with E-state index in [-0.39, 0.29) is 11.3 Å². The number of carbonyl (C=O) groups is 1. The predicted molar refractivity (Wildman–Crippen MR) is 74.4 cm³/mol. The molecule has 0 fully saturated rings. The van der Waals surface area contributed by atoms with Crippen LogP contribution in [0.25, 0.3) is 0 Å². The van der Waals surface area contributed by atoms with Crippen LogP contribution in [0, 0.1) is 13.8 Å². The molecule has 0 aromatic carbocycles. The van der Waals surface area contributed by atoms with Gasteiger partial charge in [0.2, 0.25) is 0 Å². The van der Waals surface area contributed by atoms with E-state index in [0.29, 0.717) is 12.1 Å². The third-order valence-corrected chi connectivity index (χ3v) is 3.24. The fraction of sp³-hybridized carbons (Fsp3) is 0.500. The van der Waals surface area contributed by atoms with E-state index >= 15 is 0 Å². The monoisotopic (exact) mass is 276 g/mol. The van der Waals surface area contributed by atoms with Crippen molar-refractivity contribution in [3.63, 3.8) is 0 Å². The Bertz CT molecular complexity index is 600. The summed E-state index contributed by atoms with van der Waals surface area (Å²) in [5.41, 5.74) is 2.95. The molecule has 2 aromatic rings. The lowest BCUT2D eigenvalue weighted by Crippen LogP contribution is -2.26. The van der Waals surface area contributed by atoms with Crippen molar-refractivity contribution in [2.45, 2.75) is 46.6 Å². The number of carbonyl (C=O) groups excluding carboxylic acids is 1. The predicted octanol–water partition coefficient (Wildman–Crippen LogP) is 2.24. The Morgan fingerprint density at radius 3 is 2.65 bits per heavy atom. The lowest BCUT2D eigenvalue weighted by Gasteiger charge is -2.18. The minimum absolute atomic E-state index is 0.149. The van der Waals surface area contributed by atoms with Crippen LogP contribution in [0.3, 0.4) is 0 Å². The Morgan fingerprint density at radius 1 is 1.40 bits per heavy atom. The van der Waals surface area contributed by atoms with Crippen molar-refractivity contribution < 1.29 is 9.32 Å². The summed E-state index contributed by atoms with van der Waals surface area (Å²) in [6.45, 7) is 10.2. The van der Waals surface area contributed by atoms with Crippen LogP contribution in [0.5, 0.6) is 0 Å². The zero-order valence-corrected chi connectivity index (χ0v) is 12.5. The van der Waals surface area contributed by atoms with Crippen molar-refractivity contribution in [3.8, 4) is 0 Å². The lowest BCUT2D eigenvalue weighted by molar-refractivity contribution is 0.0948. The van der Waals surface area contributed by atoms with Crippen molar-refractivity contribution in [1.82, 2.24) is 20.7 Å². The number of hydrogen-bond acceptors (Lipinski definition) is 4. The number of aromatic nitrogens is 3.